The summed E-state index contributed by atoms with van der Waals surface area (Å²) in [4.78, 5) is 12.4. The van der Waals surface area contributed by atoms with E-state index in [1.807, 2.05) is 0 Å². The Morgan fingerprint density at radius 1 is 1.20 bits per heavy atom. The molecule has 0 aliphatic heterocycles. The summed E-state index contributed by atoms with van der Waals surface area (Å²) in [5, 5.41) is 11.5. The van der Waals surface area contributed by atoms with Crippen LogP contribution in [0.1, 0.15) is 38.5 Å². The van der Waals surface area contributed by atoms with Crippen molar-refractivity contribution in [3.8, 4) is 0 Å². The lowest BCUT2D eigenvalue weighted by atomic mass is 9.95. The van der Waals surface area contributed by atoms with E-state index in [2.05, 4.69) is 21.2 Å². The molecule has 0 heterocycles. The van der Waals surface area contributed by atoms with Crippen molar-refractivity contribution in [2.45, 2.75) is 49.5 Å². The van der Waals surface area contributed by atoms with E-state index in [9.17, 15) is 13.2 Å². The second-order valence-corrected chi connectivity index (χ2v) is 9.03. The molecule has 1 fully saturated rings. The van der Waals surface area contributed by atoms with Crippen molar-refractivity contribution in [3.05, 3.63) is 28.7 Å². The Morgan fingerprint density at radius 2 is 1.84 bits per heavy atom. The molecule has 0 unspecified atom stereocenters. The van der Waals surface area contributed by atoms with Gasteiger partial charge in [0.15, 0.2) is 0 Å². The molecule has 1 saturated carbocycles. The van der Waals surface area contributed by atoms with Gasteiger partial charge in [0.2, 0.25) is 15.9 Å². The quantitative estimate of drug-likeness (QED) is 0.616. The average Bonchev–Trinajstić information content (AvgIpc) is 2.61. The van der Waals surface area contributed by atoms with Gasteiger partial charge in [-0.25, -0.2) is 8.42 Å². The summed E-state index contributed by atoms with van der Waals surface area (Å²) < 4.78 is 28.4. The van der Waals surface area contributed by atoms with Gasteiger partial charge in [0.25, 0.3) is 0 Å². The molecule has 0 bridgehead atoms. The number of hydrogen-bond acceptors (Lipinski definition) is 4. The van der Waals surface area contributed by atoms with E-state index in [0.29, 0.717) is 13.0 Å². The van der Waals surface area contributed by atoms with Gasteiger partial charge in [0, 0.05) is 23.7 Å². The highest BCUT2D eigenvalue weighted by Gasteiger charge is 2.33. The van der Waals surface area contributed by atoms with E-state index in [1.54, 1.807) is 24.3 Å². The number of nitrogens with one attached hydrogen (secondary N) is 1. The maximum atomic E-state index is 13.1. The van der Waals surface area contributed by atoms with Crippen LogP contribution >= 0.6 is 15.9 Å². The van der Waals surface area contributed by atoms with Crippen LogP contribution in [0.25, 0.3) is 0 Å². The zero-order chi connectivity index (χ0) is 18.3. The van der Waals surface area contributed by atoms with Crippen LogP contribution in [0.4, 0.5) is 0 Å². The second kappa shape index (κ2) is 9.66. The Balaban J connectivity index is 2.20. The lowest BCUT2D eigenvalue weighted by Gasteiger charge is -2.33. The predicted octanol–water partition coefficient (Wildman–Crippen LogP) is 2.27. The smallest absolute Gasteiger partial charge is 0.243 e. The van der Waals surface area contributed by atoms with Gasteiger partial charge in [-0.2, -0.15) is 4.31 Å². The number of carbonyl (C=O) groups is 1. The Bertz CT molecular complexity index is 658. The van der Waals surface area contributed by atoms with E-state index >= 15 is 0 Å². The van der Waals surface area contributed by atoms with E-state index in [0.717, 1.165) is 36.6 Å². The fraction of sp³-hybridized carbons (Fsp3) is 0.588. The van der Waals surface area contributed by atoms with Gasteiger partial charge in [0.1, 0.15) is 0 Å². The maximum absolute atomic E-state index is 13.1. The number of aliphatic hydroxyl groups excluding tert-OH is 1. The minimum Gasteiger partial charge on any atom is -0.396 e. The molecule has 0 saturated heterocycles. The van der Waals surface area contributed by atoms with Gasteiger partial charge in [0.05, 0.1) is 11.4 Å². The number of benzene rings is 1. The monoisotopic (exact) mass is 432 g/mol. The van der Waals surface area contributed by atoms with Crippen LogP contribution in [0.2, 0.25) is 0 Å². The highest BCUT2D eigenvalue weighted by Crippen LogP contribution is 2.28. The topological polar surface area (TPSA) is 86.7 Å². The van der Waals surface area contributed by atoms with Crippen LogP contribution in [0.15, 0.2) is 33.6 Å². The third-order valence-electron chi connectivity index (χ3n) is 4.36. The molecule has 2 N–H and O–H groups in total. The van der Waals surface area contributed by atoms with Gasteiger partial charge in [-0.3, -0.25) is 4.79 Å². The Kier molecular flexibility index (Phi) is 7.86. The molecule has 1 aliphatic rings. The summed E-state index contributed by atoms with van der Waals surface area (Å²) in [5.74, 6) is -0.334. The van der Waals surface area contributed by atoms with Crippen LogP contribution in [0.3, 0.4) is 0 Å². The number of halogens is 1. The SMILES string of the molecule is O=C(CN(C1CCCCC1)S(=O)(=O)c1ccc(Br)cc1)NCCCO. The number of nitrogens with zero attached hydrogens (tertiary/aromatic N) is 1. The zero-order valence-electron chi connectivity index (χ0n) is 14.2. The molecule has 1 amide bonds. The molecule has 140 valence electrons. The number of carbonyl (C=O) groups excluding carboxylic acids is 1. The molecular weight excluding hydrogens is 408 g/mol. The summed E-state index contributed by atoms with van der Waals surface area (Å²) in [6.07, 6.45) is 5.06. The van der Waals surface area contributed by atoms with Crippen LogP contribution < -0.4 is 5.32 Å². The number of hydrogen-bond donors (Lipinski definition) is 2. The van der Waals surface area contributed by atoms with Crippen LogP contribution in [0, 0.1) is 0 Å². The fourth-order valence-corrected chi connectivity index (χ4v) is 4.93. The molecule has 6 nitrogen and oxygen atoms in total. The lowest BCUT2D eigenvalue weighted by molar-refractivity contribution is -0.121. The summed E-state index contributed by atoms with van der Waals surface area (Å²) >= 11 is 3.31. The summed E-state index contributed by atoms with van der Waals surface area (Å²) in [6, 6.07) is 6.34. The Hall–Kier alpha value is -0.960. The van der Waals surface area contributed by atoms with Gasteiger partial charge in [-0.05, 0) is 43.5 Å². The summed E-state index contributed by atoms with van der Waals surface area (Å²) in [6.45, 7) is 0.143. The molecular formula is C17H25BrN2O4S. The zero-order valence-corrected chi connectivity index (χ0v) is 16.6. The largest absolute Gasteiger partial charge is 0.396 e. The van der Waals surface area contributed by atoms with Gasteiger partial charge in [-0.15, -0.1) is 0 Å². The van der Waals surface area contributed by atoms with E-state index in [-0.39, 0.29) is 30.0 Å². The third kappa shape index (κ3) is 5.77. The first kappa shape index (κ1) is 20.4. The van der Waals surface area contributed by atoms with Crippen molar-refractivity contribution >= 4 is 31.9 Å². The highest BCUT2D eigenvalue weighted by atomic mass is 79.9. The molecule has 0 spiro atoms. The molecule has 1 aliphatic carbocycles. The molecule has 1 aromatic carbocycles. The molecule has 0 atom stereocenters. The van der Waals surface area contributed by atoms with Crippen LogP contribution in [-0.2, 0) is 14.8 Å². The normalized spacial score (nSPS) is 16.1. The highest BCUT2D eigenvalue weighted by molar-refractivity contribution is 9.10. The molecule has 2 rings (SSSR count). The average molecular weight is 433 g/mol. The summed E-state index contributed by atoms with van der Waals surface area (Å²) in [7, 11) is -3.74. The van der Waals surface area contributed by atoms with Crippen molar-refractivity contribution in [2.24, 2.45) is 0 Å². The second-order valence-electron chi connectivity index (χ2n) is 6.22. The lowest BCUT2D eigenvalue weighted by Crippen LogP contribution is -2.47. The minimum absolute atomic E-state index is 0.0101. The summed E-state index contributed by atoms with van der Waals surface area (Å²) in [5.41, 5.74) is 0. The van der Waals surface area contributed by atoms with Crippen molar-refractivity contribution in [1.82, 2.24) is 9.62 Å². The van der Waals surface area contributed by atoms with Crippen LogP contribution in [0.5, 0.6) is 0 Å². The number of sulfonamides is 1. The third-order valence-corrected chi connectivity index (χ3v) is 6.80. The van der Waals surface area contributed by atoms with Crippen molar-refractivity contribution in [1.29, 1.82) is 0 Å². The van der Waals surface area contributed by atoms with E-state index in [1.165, 1.54) is 4.31 Å². The predicted molar refractivity (Wildman–Crippen MR) is 99.6 cm³/mol. The number of amides is 1. The van der Waals surface area contributed by atoms with Crippen molar-refractivity contribution in [2.75, 3.05) is 19.7 Å². The van der Waals surface area contributed by atoms with Crippen LogP contribution in [-0.4, -0.2) is 49.5 Å². The fourth-order valence-electron chi connectivity index (χ4n) is 3.03. The van der Waals surface area contributed by atoms with E-state index in [4.69, 9.17) is 5.11 Å². The van der Waals surface area contributed by atoms with E-state index < -0.39 is 10.0 Å². The molecule has 1 aromatic rings. The first-order valence-electron chi connectivity index (χ1n) is 8.60. The standard InChI is InChI=1S/C17H25BrN2O4S/c18-14-7-9-16(10-8-14)25(23,24)20(15-5-2-1-3-6-15)13-17(22)19-11-4-12-21/h7-10,15,21H,1-6,11-13H2,(H,19,22). The maximum Gasteiger partial charge on any atom is 0.243 e. The molecule has 0 aromatic heterocycles. The first-order valence-corrected chi connectivity index (χ1v) is 10.8. The van der Waals surface area contributed by atoms with Crippen molar-refractivity contribution < 1.29 is 18.3 Å². The van der Waals surface area contributed by atoms with Gasteiger partial charge < -0.3 is 10.4 Å². The van der Waals surface area contributed by atoms with Gasteiger partial charge >= 0.3 is 0 Å². The molecule has 8 heteroatoms. The Labute approximate surface area is 157 Å². The Morgan fingerprint density at radius 3 is 2.44 bits per heavy atom. The molecule has 25 heavy (non-hydrogen) atoms. The minimum atomic E-state index is -3.74. The van der Waals surface area contributed by atoms with Crippen molar-refractivity contribution in [3.63, 3.8) is 0 Å². The first-order chi connectivity index (χ1) is 11.9. The number of rotatable bonds is 8. The number of aliphatic hydroxyl groups is 1. The van der Waals surface area contributed by atoms with Gasteiger partial charge in [-0.1, -0.05) is 35.2 Å². The molecule has 0 radical (unpaired) electrons.